The molecule has 1 fully saturated rings. The third kappa shape index (κ3) is 3.85. The maximum absolute atomic E-state index is 12.5. The zero-order chi connectivity index (χ0) is 15.5. The van der Waals surface area contributed by atoms with Crippen LogP contribution in [0.3, 0.4) is 0 Å². The summed E-state index contributed by atoms with van der Waals surface area (Å²) < 4.78 is 0. The molecule has 124 valence electrons. The van der Waals surface area contributed by atoms with Gasteiger partial charge in [0.1, 0.15) is 0 Å². The lowest BCUT2D eigenvalue weighted by atomic mass is 9.96. The highest BCUT2D eigenvalue weighted by Gasteiger charge is 2.28. The molecular weight excluding hydrogens is 308 g/mol. The molecule has 0 saturated heterocycles. The smallest absolute Gasteiger partial charge is 0.227 e. The molecule has 0 spiro atoms. The minimum absolute atomic E-state index is 0. The Labute approximate surface area is 144 Å². The van der Waals surface area contributed by atoms with Crippen molar-refractivity contribution in [2.75, 3.05) is 6.54 Å². The van der Waals surface area contributed by atoms with Crippen LogP contribution in [-0.2, 0) is 4.79 Å². The van der Waals surface area contributed by atoms with Gasteiger partial charge in [-0.1, -0.05) is 48.9 Å². The Balaban J connectivity index is 0.00000192. The molecule has 3 N–H and O–H groups in total. The predicted molar refractivity (Wildman–Crippen MR) is 97.9 cm³/mol. The van der Waals surface area contributed by atoms with Crippen molar-refractivity contribution in [2.45, 2.75) is 38.1 Å². The normalized spacial score (nSPS) is 21.7. The Morgan fingerprint density at radius 3 is 2.70 bits per heavy atom. The Morgan fingerprint density at radius 2 is 1.96 bits per heavy atom. The van der Waals surface area contributed by atoms with Crippen LogP contribution in [0.15, 0.2) is 42.5 Å². The van der Waals surface area contributed by atoms with Crippen LogP contribution in [0.2, 0.25) is 0 Å². The molecule has 0 aliphatic heterocycles. The van der Waals surface area contributed by atoms with Crippen molar-refractivity contribution in [1.82, 2.24) is 5.32 Å². The van der Waals surface area contributed by atoms with Crippen molar-refractivity contribution in [3.8, 4) is 0 Å². The molecule has 1 aliphatic carbocycles. The number of halogens is 1. The quantitative estimate of drug-likeness (QED) is 0.898. The maximum Gasteiger partial charge on any atom is 0.227 e. The first kappa shape index (κ1) is 17.8. The number of fused-ring (bicyclic) bond motifs is 1. The van der Waals surface area contributed by atoms with Crippen molar-refractivity contribution >= 4 is 29.1 Å². The fourth-order valence-corrected chi connectivity index (χ4v) is 3.45. The largest absolute Gasteiger partial charge is 0.353 e. The maximum atomic E-state index is 12.5. The zero-order valence-corrected chi connectivity index (χ0v) is 14.3. The van der Waals surface area contributed by atoms with Crippen molar-refractivity contribution in [1.29, 1.82) is 0 Å². The molecule has 3 rings (SSSR count). The molecule has 23 heavy (non-hydrogen) atoms. The molecule has 2 aromatic carbocycles. The number of nitrogens with one attached hydrogen (secondary N) is 1. The molecule has 0 aromatic heterocycles. The van der Waals surface area contributed by atoms with Crippen molar-refractivity contribution in [3.05, 3.63) is 48.0 Å². The number of amides is 1. The van der Waals surface area contributed by atoms with Gasteiger partial charge in [0.25, 0.3) is 0 Å². The van der Waals surface area contributed by atoms with Crippen LogP contribution in [0.1, 0.15) is 37.7 Å². The van der Waals surface area contributed by atoms with Gasteiger partial charge in [0.05, 0.1) is 5.92 Å². The Hall–Kier alpha value is -1.58. The van der Waals surface area contributed by atoms with Gasteiger partial charge in [-0.25, -0.2) is 0 Å². The van der Waals surface area contributed by atoms with Crippen LogP contribution in [0, 0.1) is 5.92 Å². The molecule has 3 unspecified atom stereocenters. The van der Waals surface area contributed by atoms with E-state index in [2.05, 4.69) is 35.6 Å². The summed E-state index contributed by atoms with van der Waals surface area (Å²) in [5.41, 5.74) is 6.87. The van der Waals surface area contributed by atoms with E-state index in [0.717, 1.165) is 24.8 Å². The second kappa shape index (κ2) is 7.80. The monoisotopic (exact) mass is 332 g/mol. The van der Waals surface area contributed by atoms with Gasteiger partial charge >= 0.3 is 0 Å². The number of benzene rings is 2. The summed E-state index contributed by atoms with van der Waals surface area (Å²) in [4.78, 5) is 12.5. The van der Waals surface area contributed by atoms with Gasteiger partial charge in [-0.05, 0) is 48.6 Å². The van der Waals surface area contributed by atoms with Gasteiger partial charge in [-0.3, -0.25) is 4.79 Å². The first-order chi connectivity index (χ1) is 10.7. The van der Waals surface area contributed by atoms with Gasteiger partial charge in [-0.2, -0.15) is 0 Å². The van der Waals surface area contributed by atoms with E-state index in [4.69, 9.17) is 5.73 Å². The molecule has 1 saturated carbocycles. The third-order valence-corrected chi connectivity index (χ3v) is 4.96. The molecule has 3 atom stereocenters. The summed E-state index contributed by atoms with van der Waals surface area (Å²) in [5, 5.41) is 5.59. The fourth-order valence-electron chi connectivity index (χ4n) is 3.45. The molecule has 0 heterocycles. The summed E-state index contributed by atoms with van der Waals surface area (Å²) in [6.07, 6.45) is 3.35. The summed E-state index contributed by atoms with van der Waals surface area (Å²) >= 11 is 0. The van der Waals surface area contributed by atoms with Crippen LogP contribution >= 0.6 is 12.4 Å². The van der Waals surface area contributed by atoms with Crippen molar-refractivity contribution in [2.24, 2.45) is 11.7 Å². The third-order valence-electron chi connectivity index (χ3n) is 4.96. The molecule has 0 bridgehead atoms. The highest BCUT2D eigenvalue weighted by atomic mass is 35.5. The molecule has 0 radical (unpaired) electrons. The van der Waals surface area contributed by atoms with Gasteiger partial charge in [0.15, 0.2) is 0 Å². The van der Waals surface area contributed by atoms with Gasteiger partial charge in [-0.15, -0.1) is 12.4 Å². The zero-order valence-electron chi connectivity index (χ0n) is 13.5. The topological polar surface area (TPSA) is 55.1 Å². The van der Waals surface area contributed by atoms with E-state index in [0.29, 0.717) is 12.5 Å². The van der Waals surface area contributed by atoms with Gasteiger partial charge in [0, 0.05) is 6.04 Å². The molecule has 1 aliphatic rings. The number of hydrogen-bond donors (Lipinski definition) is 2. The second-order valence-corrected chi connectivity index (χ2v) is 6.37. The lowest BCUT2D eigenvalue weighted by Crippen LogP contribution is -2.41. The van der Waals surface area contributed by atoms with E-state index >= 15 is 0 Å². The van der Waals surface area contributed by atoms with E-state index in [9.17, 15) is 4.79 Å². The number of carbonyl (C=O) groups excluding carboxylic acids is 1. The molecule has 2 aromatic rings. The molecule has 1 amide bonds. The van der Waals surface area contributed by atoms with E-state index in [1.165, 1.54) is 10.8 Å². The van der Waals surface area contributed by atoms with E-state index in [-0.39, 0.29) is 30.3 Å². The SMILES string of the molecule is CC(C(=O)NC1CCCC1CN)c1ccc2ccccc2c1.Cl. The fraction of sp³-hybridized carbons (Fsp3) is 0.421. The molecule has 4 heteroatoms. The van der Waals surface area contributed by atoms with Crippen LogP contribution in [0.5, 0.6) is 0 Å². The number of hydrogen-bond acceptors (Lipinski definition) is 2. The standard InChI is InChI=1S/C19H24N2O.ClH/c1-13(19(22)21-18-8-4-7-17(18)12-20)15-10-9-14-5-2-3-6-16(14)11-15;/h2-3,5-6,9-11,13,17-18H,4,7-8,12,20H2,1H3,(H,21,22);1H. The van der Waals surface area contributed by atoms with Crippen LogP contribution in [-0.4, -0.2) is 18.5 Å². The summed E-state index contributed by atoms with van der Waals surface area (Å²) in [5.74, 6) is 0.414. The van der Waals surface area contributed by atoms with E-state index < -0.39 is 0 Å². The van der Waals surface area contributed by atoms with E-state index in [1.54, 1.807) is 0 Å². The minimum Gasteiger partial charge on any atom is -0.353 e. The van der Waals surface area contributed by atoms with Gasteiger partial charge in [0.2, 0.25) is 5.91 Å². The predicted octanol–water partition coefficient (Wildman–Crippen LogP) is 3.61. The number of rotatable bonds is 4. The van der Waals surface area contributed by atoms with Crippen molar-refractivity contribution < 1.29 is 4.79 Å². The Morgan fingerprint density at radius 1 is 1.22 bits per heavy atom. The first-order valence-corrected chi connectivity index (χ1v) is 8.18. The Bertz CT molecular complexity index is 673. The van der Waals surface area contributed by atoms with E-state index in [1.807, 2.05) is 19.1 Å². The molecule has 3 nitrogen and oxygen atoms in total. The molecular formula is C19H25ClN2O. The number of nitrogens with two attached hydrogens (primary N) is 1. The number of carbonyl (C=O) groups is 1. The minimum atomic E-state index is -0.136. The lowest BCUT2D eigenvalue weighted by molar-refractivity contribution is -0.123. The van der Waals surface area contributed by atoms with Crippen molar-refractivity contribution in [3.63, 3.8) is 0 Å². The van der Waals surface area contributed by atoms with Crippen LogP contribution < -0.4 is 11.1 Å². The average molecular weight is 333 g/mol. The average Bonchev–Trinajstić information content (AvgIpc) is 3.00. The summed E-state index contributed by atoms with van der Waals surface area (Å²) in [7, 11) is 0. The van der Waals surface area contributed by atoms with Gasteiger partial charge < -0.3 is 11.1 Å². The van der Waals surface area contributed by atoms with Crippen LogP contribution in [0.4, 0.5) is 0 Å². The Kier molecular flexibility index (Phi) is 6.03. The highest BCUT2D eigenvalue weighted by Crippen LogP contribution is 2.26. The summed E-state index contributed by atoms with van der Waals surface area (Å²) in [6, 6.07) is 14.8. The lowest BCUT2D eigenvalue weighted by Gasteiger charge is -2.22. The second-order valence-electron chi connectivity index (χ2n) is 6.37. The highest BCUT2D eigenvalue weighted by molar-refractivity contribution is 5.87. The first-order valence-electron chi connectivity index (χ1n) is 8.18. The van der Waals surface area contributed by atoms with Crippen LogP contribution in [0.25, 0.3) is 10.8 Å². The summed E-state index contributed by atoms with van der Waals surface area (Å²) in [6.45, 7) is 2.64.